The lowest BCUT2D eigenvalue weighted by Gasteiger charge is -2.16. The zero-order valence-electron chi connectivity index (χ0n) is 40.0. The van der Waals surface area contributed by atoms with Crippen molar-refractivity contribution < 1.29 is 19.4 Å². The quantitative estimate of drug-likeness (QED) is 0.0377. The topological polar surface area (TPSA) is 55.8 Å². The molecule has 0 aromatic carbocycles. The monoisotopic (exact) mass is 837 g/mol. The van der Waals surface area contributed by atoms with Gasteiger partial charge in [0, 0.05) is 13.0 Å². The molecule has 1 atom stereocenters. The smallest absolute Gasteiger partial charge is 0.306 e. The van der Waals surface area contributed by atoms with Gasteiger partial charge in [0.15, 0.2) is 0 Å². The lowest BCUT2D eigenvalue weighted by Crippen LogP contribution is -2.27. The van der Waals surface area contributed by atoms with Crippen molar-refractivity contribution in [2.24, 2.45) is 0 Å². The molecular weight excluding hydrogens is 737 g/mol. The summed E-state index contributed by atoms with van der Waals surface area (Å²) < 4.78 is 11.2. The molecule has 0 saturated heterocycles. The largest absolute Gasteiger partial charge is 0.457 e. The highest BCUT2D eigenvalue weighted by Gasteiger charge is 2.13. The van der Waals surface area contributed by atoms with Gasteiger partial charge in [0.25, 0.3) is 0 Å². The summed E-state index contributed by atoms with van der Waals surface area (Å²) in [6, 6.07) is 0. The molecule has 0 bridgehead atoms. The molecule has 60 heavy (non-hydrogen) atoms. The van der Waals surface area contributed by atoms with E-state index in [9.17, 15) is 9.90 Å². The molecule has 0 aliphatic carbocycles. The number of carbonyl (C=O) groups excluding carboxylic acids is 1. The molecule has 4 heteroatoms. The van der Waals surface area contributed by atoms with E-state index in [-0.39, 0.29) is 19.2 Å². The molecular formula is C56H100O4. The second kappa shape index (κ2) is 53.0. The maximum atomic E-state index is 12.3. The van der Waals surface area contributed by atoms with Crippen LogP contribution in [-0.4, -0.2) is 37.0 Å². The van der Waals surface area contributed by atoms with Crippen LogP contribution in [0.3, 0.4) is 0 Å². The van der Waals surface area contributed by atoms with E-state index in [1.165, 1.54) is 161 Å². The average molecular weight is 837 g/mol. The number of hydrogen-bond acceptors (Lipinski definition) is 4. The fourth-order valence-corrected chi connectivity index (χ4v) is 7.45. The molecule has 0 spiro atoms. The van der Waals surface area contributed by atoms with Gasteiger partial charge < -0.3 is 14.6 Å². The number of ether oxygens (including phenoxy) is 2. The van der Waals surface area contributed by atoms with Crippen molar-refractivity contribution in [2.45, 2.75) is 258 Å². The highest BCUT2D eigenvalue weighted by molar-refractivity contribution is 5.69. The number of rotatable bonds is 48. The molecule has 0 fully saturated rings. The maximum absolute atomic E-state index is 12.3. The first-order valence-corrected chi connectivity index (χ1v) is 26.0. The molecule has 0 saturated carbocycles. The zero-order chi connectivity index (χ0) is 43.3. The summed E-state index contributed by atoms with van der Waals surface area (Å²) in [7, 11) is 0. The first kappa shape index (κ1) is 57.8. The number of esters is 1. The second-order valence-corrected chi connectivity index (χ2v) is 17.2. The van der Waals surface area contributed by atoms with Gasteiger partial charge in [-0.1, -0.05) is 254 Å². The van der Waals surface area contributed by atoms with E-state index in [1.54, 1.807) is 0 Å². The van der Waals surface area contributed by atoms with Crippen LogP contribution in [0.1, 0.15) is 251 Å². The number of hydrogen-bond donors (Lipinski definition) is 1. The molecule has 0 amide bonds. The minimum atomic E-state index is -0.545. The van der Waals surface area contributed by atoms with Gasteiger partial charge in [-0.3, -0.25) is 4.79 Å². The first-order valence-electron chi connectivity index (χ1n) is 26.0. The normalized spacial score (nSPS) is 12.9. The van der Waals surface area contributed by atoms with Gasteiger partial charge in [-0.05, 0) is 64.2 Å². The van der Waals surface area contributed by atoms with Gasteiger partial charge in [0.05, 0.1) is 13.2 Å². The van der Waals surface area contributed by atoms with Crippen molar-refractivity contribution >= 4 is 5.97 Å². The van der Waals surface area contributed by atoms with E-state index in [1.807, 2.05) is 0 Å². The highest BCUT2D eigenvalue weighted by Crippen LogP contribution is 2.16. The third-order valence-corrected chi connectivity index (χ3v) is 11.3. The minimum absolute atomic E-state index is 0.179. The molecule has 1 unspecified atom stereocenters. The Morgan fingerprint density at radius 3 is 1.13 bits per heavy atom. The van der Waals surface area contributed by atoms with E-state index in [0.29, 0.717) is 13.0 Å². The predicted molar refractivity (Wildman–Crippen MR) is 265 cm³/mol. The van der Waals surface area contributed by atoms with E-state index in [4.69, 9.17) is 9.47 Å². The second-order valence-electron chi connectivity index (χ2n) is 17.2. The van der Waals surface area contributed by atoms with E-state index in [0.717, 1.165) is 70.6 Å². The summed E-state index contributed by atoms with van der Waals surface area (Å²) in [5, 5.41) is 9.66. The van der Waals surface area contributed by atoms with Crippen molar-refractivity contribution in [3.63, 3.8) is 0 Å². The van der Waals surface area contributed by atoms with E-state index >= 15 is 0 Å². The predicted octanol–water partition coefficient (Wildman–Crippen LogP) is 17.7. The summed E-state index contributed by atoms with van der Waals surface area (Å²) >= 11 is 0. The van der Waals surface area contributed by atoms with Crippen molar-refractivity contribution in [3.8, 4) is 0 Å². The SMILES string of the molecule is CC/C=C\C/C=C\C/C=C\C/C=C\C/C=C\C/C=C\CCCCCCCCC(=O)OC(CO)COCCCCCCCCCCCCCCCCCCCCCCCCC. The summed E-state index contributed by atoms with van der Waals surface area (Å²) in [4.78, 5) is 12.3. The molecule has 0 radical (unpaired) electrons. The molecule has 0 aromatic heterocycles. The maximum Gasteiger partial charge on any atom is 0.306 e. The lowest BCUT2D eigenvalue weighted by molar-refractivity contribution is -0.154. The Balaban J connectivity index is 3.45. The zero-order valence-corrected chi connectivity index (χ0v) is 40.0. The van der Waals surface area contributed by atoms with Crippen LogP contribution < -0.4 is 0 Å². The molecule has 1 N–H and O–H groups in total. The molecule has 0 heterocycles. The van der Waals surface area contributed by atoms with Crippen LogP contribution in [0.2, 0.25) is 0 Å². The van der Waals surface area contributed by atoms with Crippen molar-refractivity contribution in [1.82, 2.24) is 0 Å². The number of unbranched alkanes of at least 4 members (excludes halogenated alkanes) is 28. The Bertz CT molecular complexity index is 1020. The summed E-state index contributed by atoms with van der Waals surface area (Å²) in [5.74, 6) is -0.213. The van der Waals surface area contributed by atoms with Crippen LogP contribution in [0, 0.1) is 0 Å². The number of aliphatic hydroxyl groups is 1. The molecule has 0 rings (SSSR count). The van der Waals surface area contributed by atoms with E-state index in [2.05, 4.69) is 86.8 Å². The van der Waals surface area contributed by atoms with Crippen LogP contribution in [0.5, 0.6) is 0 Å². The fourth-order valence-electron chi connectivity index (χ4n) is 7.45. The van der Waals surface area contributed by atoms with Crippen LogP contribution in [0.4, 0.5) is 0 Å². The van der Waals surface area contributed by atoms with Gasteiger partial charge >= 0.3 is 5.97 Å². The molecule has 0 aliphatic heterocycles. The Morgan fingerprint density at radius 1 is 0.417 bits per heavy atom. The molecule has 0 aliphatic rings. The van der Waals surface area contributed by atoms with Crippen molar-refractivity contribution in [3.05, 3.63) is 72.9 Å². The van der Waals surface area contributed by atoms with Crippen LogP contribution in [0.25, 0.3) is 0 Å². The Morgan fingerprint density at radius 2 is 0.750 bits per heavy atom. The number of aliphatic hydroxyl groups excluding tert-OH is 1. The van der Waals surface area contributed by atoms with Gasteiger partial charge in [0.2, 0.25) is 0 Å². The third-order valence-electron chi connectivity index (χ3n) is 11.3. The van der Waals surface area contributed by atoms with Gasteiger partial charge in [-0.15, -0.1) is 0 Å². The average Bonchev–Trinajstić information content (AvgIpc) is 3.25. The molecule has 0 aromatic rings. The van der Waals surface area contributed by atoms with Gasteiger partial charge in [-0.25, -0.2) is 0 Å². The summed E-state index contributed by atoms with van der Waals surface area (Å²) in [6.07, 6.45) is 72.8. The third kappa shape index (κ3) is 50.2. The summed E-state index contributed by atoms with van der Waals surface area (Å²) in [5.41, 5.74) is 0. The van der Waals surface area contributed by atoms with Crippen LogP contribution in [0.15, 0.2) is 72.9 Å². The standard InChI is InChI=1S/C56H100O4/c1-3-5-7-9-11-13-15-17-19-21-23-25-27-28-29-31-33-35-37-39-41-43-45-47-49-51-56(58)60-55(53-57)54-59-52-50-48-46-44-42-40-38-36-34-32-30-26-24-22-20-18-16-14-12-10-8-6-4-2/h5,7,11,13,17,19,23,25,28-29,33,35,55,57H,3-4,6,8-10,12,14-16,18,20-22,24,26-27,30-32,34,36-54H2,1-2H3/b7-5-,13-11-,19-17-,25-23-,29-28-,35-33-. The Hall–Kier alpha value is -2.17. The Labute approximate surface area is 374 Å². The lowest BCUT2D eigenvalue weighted by atomic mass is 10.0. The number of carbonyl (C=O) groups is 1. The van der Waals surface area contributed by atoms with Crippen molar-refractivity contribution in [2.75, 3.05) is 19.8 Å². The fraction of sp³-hybridized carbons (Fsp3) is 0.768. The van der Waals surface area contributed by atoms with Crippen LogP contribution >= 0.6 is 0 Å². The highest BCUT2D eigenvalue weighted by atomic mass is 16.6. The van der Waals surface area contributed by atoms with Gasteiger partial charge in [-0.2, -0.15) is 0 Å². The molecule has 4 nitrogen and oxygen atoms in total. The first-order chi connectivity index (χ1) is 29.7. The van der Waals surface area contributed by atoms with Crippen LogP contribution in [-0.2, 0) is 14.3 Å². The number of allylic oxidation sites excluding steroid dienone is 12. The van der Waals surface area contributed by atoms with Crippen molar-refractivity contribution in [1.29, 1.82) is 0 Å². The van der Waals surface area contributed by atoms with Gasteiger partial charge in [0.1, 0.15) is 6.10 Å². The van der Waals surface area contributed by atoms with E-state index < -0.39 is 6.10 Å². The molecule has 348 valence electrons. The summed E-state index contributed by atoms with van der Waals surface area (Å²) in [6.45, 7) is 5.25. The Kier molecular flexibility index (Phi) is 51.1. The minimum Gasteiger partial charge on any atom is -0.457 e.